The van der Waals surface area contributed by atoms with E-state index in [4.69, 9.17) is 22.3 Å². The number of hydrogen-bond acceptors (Lipinski definition) is 15. The van der Waals surface area contributed by atoms with Crippen LogP contribution in [0, 0.1) is 23.6 Å². The number of nitrogens with two attached hydrogens (primary N) is 1. The third kappa shape index (κ3) is 13.2. The van der Waals surface area contributed by atoms with Gasteiger partial charge in [-0.2, -0.15) is 4.39 Å². The highest BCUT2D eigenvalue weighted by molar-refractivity contribution is 9.10. The number of aromatic hydroxyl groups is 1. The predicted octanol–water partition coefficient (Wildman–Crippen LogP) is 13.9. The summed E-state index contributed by atoms with van der Waals surface area (Å²) < 4.78 is 56.6. The van der Waals surface area contributed by atoms with Gasteiger partial charge in [0.2, 0.25) is 5.95 Å². The van der Waals surface area contributed by atoms with E-state index in [0.717, 1.165) is 161 Å². The van der Waals surface area contributed by atoms with Crippen LogP contribution in [0.25, 0.3) is 55.0 Å². The Morgan fingerprint density at radius 2 is 1.33 bits per heavy atom. The van der Waals surface area contributed by atoms with Crippen LogP contribution < -0.4 is 21.3 Å². The Morgan fingerprint density at radius 3 is 1.97 bits per heavy atom. The molecule has 472 valence electrons. The lowest BCUT2D eigenvalue weighted by atomic mass is 9.80. The minimum Gasteiger partial charge on any atom is -0.504 e. The van der Waals surface area contributed by atoms with E-state index in [1.165, 1.54) is 24.5 Å². The molecule has 2 aliphatic heterocycles. The Labute approximate surface area is 538 Å². The van der Waals surface area contributed by atoms with E-state index in [2.05, 4.69) is 77.4 Å². The Kier molecular flexibility index (Phi) is 18.4. The van der Waals surface area contributed by atoms with Gasteiger partial charge in [-0.25, -0.2) is 17.8 Å². The van der Waals surface area contributed by atoms with E-state index in [1.807, 2.05) is 60.8 Å². The minimum atomic E-state index is -3.62. The monoisotopic (exact) mass is 1320 g/mol. The SMILES string of the molecule is CC(C)S(=O)(=O)c1cnc2ccc(Br)cc2c1N1CCC(C(CC(=O)C2(c3cnc4ccc(-c5cc(F)c(O)c(Cl)c5)cc4c3NC3CCN(C)CC3)CC2)N(C)C)CC1.NC1CCC(Nc2c(C(=O)C3CC3)cnc3ccc(-c4ccnc(F)c4)cc23)CC1. The van der Waals surface area contributed by atoms with Crippen molar-refractivity contribution in [2.24, 2.45) is 17.6 Å². The van der Waals surface area contributed by atoms with Crippen LogP contribution in [0.1, 0.15) is 113 Å². The number of carbonyl (C=O) groups excluding carboxylic acids is 2. The molecule has 20 heteroatoms. The number of nitrogens with zero attached hydrogens (tertiary/aromatic N) is 7. The predicted molar refractivity (Wildman–Crippen MR) is 359 cm³/mol. The number of phenolic OH excluding ortho intramolecular Hbond substituents is 1. The van der Waals surface area contributed by atoms with E-state index < -0.39 is 38.0 Å². The number of sulfone groups is 1. The van der Waals surface area contributed by atoms with Crippen molar-refractivity contribution in [1.29, 1.82) is 0 Å². The molecule has 1 unspecified atom stereocenters. The average molecular weight is 1320 g/mol. The maximum Gasteiger partial charge on any atom is 0.213 e. The molecule has 8 aromatic rings. The molecular formula is C70H78BrClF2N10O5S. The van der Waals surface area contributed by atoms with Crippen molar-refractivity contribution in [3.05, 3.63) is 136 Å². The van der Waals surface area contributed by atoms with E-state index >= 15 is 0 Å². The first-order valence-electron chi connectivity index (χ1n) is 31.6. The number of halogens is 4. The molecule has 4 aromatic carbocycles. The van der Waals surface area contributed by atoms with Crippen LogP contribution >= 0.6 is 27.5 Å². The summed E-state index contributed by atoms with van der Waals surface area (Å²) in [5.74, 6) is -1.18. The standard InChI is InChI=1S/C46H53BrClFN6O4S.C24H25FN4O/c1-27(2)60(58,59)41-26-51-39-9-7-31(47)23-34(39)44(41)55-18-10-28(11-19-55)40(53(3)4)24-42(56)46(14-15-46)35-25-50-38-8-6-29(30-21-36(48)45(57)37(49)22-30)20-33(38)43(35)52-32-12-16-54(5)17-13-32;25-22-12-16(9-10-27-22)15-3-8-21-19(11-15)23(29-18-6-4-17(26)5-7-18)20(13-28-21)24(30)14-1-2-14/h6-9,20-23,25-28,32,40,57H,10-19,24H2,1-5H3,(H,50,52);3,8-14,17-18H,1-2,4-7,26H2,(H,28,29). The van der Waals surface area contributed by atoms with Crippen molar-refractivity contribution in [3.63, 3.8) is 0 Å². The zero-order valence-corrected chi connectivity index (χ0v) is 54.7. The number of fused-ring (bicyclic) bond motifs is 3. The molecule has 3 aliphatic carbocycles. The summed E-state index contributed by atoms with van der Waals surface area (Å²) in [7, 11) is 2.62. The van der Waals surface area contributed by atoms with Crippen LogP contribution in [0.3, 0.4) is 0 Å². The molecule has 3 saturated carbocycles. The maximum absolute atomic E-state index is 14.9. The normalized spacial score (nSPS) is 19.5. The van der Waals surface area contributed by atoms with Gasteiger partial charge in [0.1, 0.15) is 10.7 Å². The Balaban J connectivity index is 0.000000218. The zero-order valence-electron chi connectivity index (χ0n) is 51.6. The summed E-state index contributed by atoms with van der Waals surface area (Å²) in [5, 5.41) is 19.5. The summed E-state index contributed by atoms with van der Waals surface area (Å²) in [6.45, 7) is 6.64. The first kappa shape index (κ1) is 63.4. The number of pyridine rings is 4. The van der Waals surface area contributed by atoms with Crippen LogP contribution in [-0.4, -0.2) is 132 Å². The van der Waals surface area contributed by atoms with Crippen molar-refractivity contribution in [2.75, 3.05) is 62.9 Å². The lowest BCUT2D eigenvalue weighted by Gasteiger charge is -2.40. The van der Waals surface area contributed by atoms with Gasteiger partial charge in [0.15, 0.2) is 27.2 Å². The van der Waals surface area contributed by atoms with Crippen molar-refractivity contribution in [3.8, 4) is 28.0 Å². The van der Waals surface area contributed by atoms with E-state index in [9.17, 15) is 31.9 Å². The number of phenols is 1. The minimum absolute atomic E-state index is 0.0150. The summed E-state index contributed by atoms with van der Waals surface area (Å²) in [6.07, 6.45) is 17.8. The molecule has 90 heavy (non-hydrogen) atoms. The van der Waals surface area contributed by atoms with Gasteiger partial charge in [0, 0.05) is 112 Å². The van der Waals surface area contributed by atoms with Crippen LogP contribution in [0.4, 0.5) is 25.8 Å². The molecule has 0 spiro atoms. The van der Waals surface area contributed by atoms with Crippen molar-refractivity contribution < 1.29 is 31.9 Å². The van der Waals surface area contributed by atoms with Crippen LogP contribution in [-0.2, 0) is 20.0 Å². The number of likely N-dealkylation sites (tertiary alicyclic amines) is 1. The number of piperidine rings is 2. The number of aromatic nitrogens is 4. The second kappa shape index (κ2) is 26.1. The molecular weight excluding hydrogens is 1250 g/mol. The fourth-order valence-corrected chi connectivity index (χ4v) is 15.5. The Morgan fingerprint density at radius 1 is 0.733 bits per heavy atom. The smallest absolute Gasteiger partial charge is 0.213 e. The molecule has 0 bridgehead atoms. The van der Waals surface area contributed by atoms with Gasteiger partial charge in [-0.05, 0) is 214 Å². The number of rotatable bonds is 17. The number of anilines is 3. The van der Waals surface area contributed by atoms with Crippen LogP contribution in [0.5, 0.6) is 5.75 Å². The molecule has 5 aliphatic rings. The molecule has 5 N–H and O–H groups in total. The number of nitrogens with one attached hydrogen (secondary N) is 2. The van der Waals surface area contributed by atoms with Crippen LogP contribution in [0.15, 0.2) is 113 Å². The third-order valence-corrected chi connectivity index (χ3v) is 22.4. The molecule has 0 radical (unpaired) electrons. The van der Waals surface area contributed by atoms with Gasteiger partial charge in [-0.3, -0.25) is 24.5 Å². The summed E-state index contributed by atoms with van der Waals surface area (Å²) >= 11 is 9.81. The van der Waals surface area contributed by atoms with Crippen molar-refractivity contribution in [2.45, 2.75) is 137 Å². The first-order chi connectivity index (χ1) is 43.1. The lowest BCUT2D eigenvalue weighted by Crippen LogP contribution is -2.45. The fraction of sp³-hybridized carbons (Fsp3) is 0.429. The summed E-state index contributed by atoms with van der Waals surface area (Å²) in [6, 6.07) is 24.2. The van der Waals surface area contributed by atoms with Gasteiger partial charge in [0.25, 0.3) is 0 Å². The van der Waals surface area contributed by atoms with E-state index in [0.29, 0.717) is 36.3 Å². The van der Waals surface area contributed by atoms with Crippen molar-refractivity contribution in [1.82, 2.24) is 29.7 Å². The lowest BCUT2D eigenvalue weighted by molar-refractivity contribution is -0.123. The number of benzene rings is 4. The fourth-order valence-electron chi connectivity index (χ4n) is 13.7. The van der Waals surface area contributed by atoms with Gasteiger partial charge in [-0.1, -0.05) is 39.7 Å². The molecule has 2 saturated heterocycles. The quantitative estimate of drug-likeness (QED) is 0.0495. The molecule has 4 aromatic heterocycles. The largest absolute Gasteiger partial charge is 0.504 e. The Hall–Kier alpha value is -6.74. The zero-order chi connectivity index (χ0) is 63.3. The number of ketones is 2. The van der Waals surface area contributed by atoms with Gasteiger partial charge < -0.3 is 36.2 Å². The first-order valence-corrected chi connectivity index (χ1v) is 34.3. The highest BCUT2D eigenvalue weighted by atomic mass is 79.9. The summed E-state index contributed by atoms with van der Waals surface area (Å²) in [5.41, 5.74) is 14.6. The second-order valence-electron chi connectivity index (χ2n) is 26.1. The molecule has 0 amide bonds. The highest BCUT2D eigenvalue weighted by Crippen LogP contribution is 2.54. The maximum atomic E-state index is 14.9. The van der Waals surface area contributed by atoms with Crippen molar-refractivity contribution >= 4 is 98.7 Å². The highest BCUT2D eigenvalue weighted by Gasteiger charge is 2.53. The molecule has 1 atom stereocenters. The summed E-state index contributed by atoms with van der Waals surface area (Å²) in [4.78, 5) is 52.6. The van der Waals surface area contributed by atoms with E-state index in [-0.39, 0.29) is 57.5 Å². The molecule has 6 heterocycles. The molecule has 13 rings (SSSR count). The number of Topliss-reactive ketones (excluding diaryl/α,β-unsaturated/α-hetero) is 2. The van der Waals surface area contributed by atoms with Gasteiger partial charge in [0.05, 0.1) is 49.2 Å². The second-order valence-corrected chi connectivity index (χ2v) is 29.9. The number of carbonyl (C=O) groups is 2. The van der Waals surface area contributed by atoms with Crippen LogP contribution in [0.2, 0.25) is 5.02 Å². The van der Waals surface area contributed by atoms with Gasteiger partial charge in [-0.15, -0.1) is 0 Å². The molecule has 15 nitrogen and oxygen atoms in total. The third-order valence-electron chi connectivity index (χ3n) is 19.5. The number of hydrogen-bond donors (Lipinski definition) is 4. The Bertz CT molecular complexity index is 4140. The van der Waals surface area contributed by atoms with E-state index in [1.54, 1.807) is 32.2 Å². The molecule has 5 fully saturated rings. The average Bonchev–Trinajstić information content (AvgIpc) is 1.51. The van der Waals surface area contributed by atoms with Gasteiger partial charge >= 0.3 is 0 Å². The topological polar surface area (TPSA) is 200 Å².